The van der Waals surface area contributed by atoms with Gasteiger partial charge in [-0.05, 0) is 47.7 Å². The molecule has 3 nitrogen and oxygen atoms in total. The van der Waals surface area contributed by atoms with Crippen LogP contribution in [0.5, 0.6) is 0 Å². The summed E-state index contributed by atoms with van der Waals surface area (Å²) in [5.74, 6) is 0.925. The Morgan fingerprint density at radius 2 is 1.74 bits per heavy atom. The first-order valence-corrected chi connectivity index (χ1v) is 10.6. The van der Waals surface area contributed by atoms with Crippen molar-refractivity contribution >= 4 is 17.4 Å². The van der Waals surface area contributed by atoms with Crippen LogP contribution >= 0.6 is 11.6 Å². The third-order valence-electron chi connectivity index (χ3n) is 5.80. The summed E-state index contributed by atoms with van der Waals surface area (Å²) < 4.78 is 38.7. The Kier molecular flexibility index (Phi) is 6.49. The van der Waals surface area contributed by atoms with E-state index in [0.717, 1.165) is 37.3 Å². The van der Waals surface area contributed by atoms with Crippen molar-refractivity contribution < 1.29 is 13.2 Å². The van der Waals surface area contributed by atoms with E-state index in [-0.39, 0.29) is 17.9 Å². The molecular weight excluding hydrogens is 423 g/mol. The summed E-state index contributed by atoms with van der Waals surface area (Å²) in [6.45, 7) is 1.64. The average molecular weight is 446 g/mol. The van der Waals surface area contributed by atoms with E-state index in [4.69, 9.17) is 11.6 Å². The van der Waals surface area contributed by atoms with Gasteiger partial charge in [0.25, 0.3) is 0 Å². The van der Waals surface area contributed by atoms with Crippen LogP contribution in [0.4, 0.5) is 19.0 Å². The lowest BCUT2D eigenvalue weighted by Gasteiger charge is -2.30. The maximum atomic E-state index is 12.9. The summed E-state index contributed by atoms with van der Waals surface area (Å²) in [7, 11) is 0. The van der Waals surface area contributed by atoms with Crippen molar-refractivity contribution in [3.8, 4) is 0 Å². The van der Waals surface area contributed by atoms with Gasteiger partial charge in [0.15, 0.2) is 0 Å². The molecule has 0 saturated carbocycles. The molecule has 1 saturated heterocycles. The van der Waals surface area contributed by atoms with Gasteiger partial charge in [-0.15, -0.1) is 0 Å². The van der Waals surface area contributed by atoms with Crippen molar-refractivity contribution in [1.29, 1.82) is 0 Å². The van der Waals surface area contributed by atoms with Gasteiger partial charge in [-0.2, -0.15) is 13.2 Å². The van der Waals surface area contributed by atoms with Crippen molar-refractivity contribution in [3.63, 3.8) is 0 Å². The van der Waals surface area contributed by atoms with Crippen molar-refractivity contribution in [1.82, 2.24) is 10.3 Å². The summed E-state index contributed by atoms with van der Waals surface area (Å²) >= 11 is 6.06. The van der Waals surface area contributed by atoms with Gasteiger partial charge in [0.2, 0.25) is 0 Å². The first-order chi connectivity index (χ1) is 14.9. The zero-order chi connectivity index (χ0) is 21.8. The molecule has 7 heteroatoms. The summed E-state index contributed by atoms with van der Waals surface area (Å²) in [5, 5.41) is 7.58. The van der Waals surface area contributed by atoms with Crippen LogP contribution in [0.25, 0.3) is 0 Å². The highest BCUT2D eigenvalue weighted by Crippen LogP contribution is 2.34. The molecule has 2 N–H and O–H groups in total. The van der Waals surface area contributed by atoms with E-state index in [2.05, 4.69) is 27.8 Å². The highest BCUT2D eigenvalue weighted by molar-refractivity contribution is 6.30. The smallest absolute Gasteiger partial charge is 0.367 e. The molecule has 0 amide bonds. The monoisotopic (exact) mass is 445 g/mol. The second kappa shape index (κ2) is 9.28. The molecule has 1 aromatic heterocycles. The number of hydrogen-bond acceptors (Lipinski definition) is 3. The Labute approximate surface area is 184 Å². The van der Waals surface area contributed by atoms with Crippen LogP contribution < -0.4 is 10.6 Å². The molecular formula is C24H23ClF3N3. The van der Waals surface area contributed by atoms with Gasteiger partial charge < -0.3 is 10.6 Å². The Hall–Kier alpha value is -2.57. The summed E-state index contributed by atoms with van der Waals surface area (Å²) in [4.78, 5) is 4.04. The zero-order valence-corrected chi connectivity index (χ0v) is 17.5. The molecule has 0 spiro atoms. The maximum Gasteiger partial charge on any atom is 0.417 e. The van der Waals surface area contributed by atoms with Gasteiger partial charge in [-0.25, -0.2) is 4.98 Å². The quantitative estimate of drug-likeness (QED) is 0.505. The number of hydrogen-bond donors (Lipinski definition) is 2. The van der Waals surface area contributed by atoms with E-state index in [1.165, 1.54) is 11.6 Å². The molecule has 2 heterocycles. The fraction of sp³-hybridized carbons (Fsp3) is 0.292. The first-order valence-electron chi connectivity index (χ1n) is 10.2. The molecule has 3 aromatic rings. The highest BCUT2D eigenvalue weighted by atomic mass is 35.5. The molecule has 2 unspecified atom stereocenters. The molecule has 0 aliphatic carbocycles. The average Bonchev–Trinajstić information content (AvgIpc) is 3.24. The van der Waals surface area contributed by atoms with Crippen LogP contribution in [0.3, 0.4) is 0 Å². The molecule has 3 atom stereocenters. The predicted molar refractivity (Wildman–Crippen MR) is 117 cm³/mol. The van der Waals surface area contributed by atoms with E-state index in [1.807, 2.05) is 42.5 Å². The largest absolute Gasteiger partial charge is 0.417 e. The molecule has 2 aromatic carbocycles. The number of benzene rings is 2. The second-order valence-electron chi connectivity index (χ2n) is 7.85. The van der Waals surface area contributed by atoms with E-state index in [9.17, 15) is 13.2 Å². The molecule has 1 aliphatic heterocycles. The Morgan fingerprint density at radius 1 is 1.00 bits per heavy atom. The molecule has 4 rings (SSSR count). The van der Waals surface area contributed by atoms with Crippen LogP contribution in [-0.2, 0) is 12.6 Å². The third-order valence-corrected chi connectivity index (χ3v) is 6.05. The van der Waals surface area contributed by atoms with Crippen LogP contribution in [0.15, 0.2) is 72.9 Å². The lowest BCUT2D eigenvalue weighted by atomic mass is 9.81. The maximum absolute atomic E-state index is 12.9. The van der Waals surface area contributed by atoms with Crippen LogP contribution in [0.2, 0.25) is 5.02 Å². The molecule has 162 valence electrons. The Balaban J connectivity index is 1.60. The SMILES string of the molecule is FC(F)(F)c1ccc(N[C@H](Cc2ccccc2)C2CNCC2c2ccc(Cl)cc2)nc1. The first kappa shape index (κ1) is 21.7. The third kappa shape index (κ3) is 5.38. The molecule has 31 heavy (non-hydrogen) atoms. The number of rotatable bonds is 6. The molecule has 1 fully saturated rings. The number of alkyl halides is 3. The summed E-state index contributed by atoms with van der Waals surface area (Å²) in [6, 6.07) is 20.4. The van der Waals surface area contributed by atoms with Crippen molar-refractivity contribution in [2.45, 2.75) is 24.6 Å². The summed E-state index contributed by atoms with van der Waals surface area (Å²) in [5.41, 5.74) is 1.60. The van der Waals surface area contributed by atoms with E-state index < -0.39 is 11.7 Å². The number of nitrogens with one attached hydrogen (secondary N) is 2. The van der Waals surface area contributed by atoms with Crippen LogP contribution in [0, 0.1) is 5.92 Å². The Bertz CT molecular complexity index is 976. The fourth-order valence-corrected chi connectivity index (χ4v) is 4.34. The van der Waals surface area contributed by atoms with Gasteiger partial charge >= 0.3 is 6.18 Å². The Morgan fingerprint density at radius 3 is 2.39 bits per heavy atom. The standard InChI is InChI=1S/C24H23ClF3N3/c25-19-9-6-17(7-10-19)20-14-29-15-21(20)22(12-16-4-2-1-3-5-16)31-23-11-8-18(13-30-23)24(26,27)28/h1-11,13,20-22,29H,12,14-15H2,(H,30,31)/t20?,21?,22-/m1/s1. The lowest BCUT2D eigenvalue weighted by Crippen LogP contribution is -2.35. The topological polar surface area (TPSA) is 37.0 Å². The highest BCUT2D eigenvalue weighted by Gasteiger charge is 2.35. The number of nitrogens with zero attached hydrogens (tertiary/aromatic N) is 1. The minimum absolute atomic E-state index is 0.0117. The fourth-order valence-electron chi connectivity index (χ4n) is 4.21. The predicted octanol–water partition coefficient (Wildman–Crippen LogP) is 5.78. The van der Waals surface area contributed by atoms with Gasteiger partial charge in [-0.1, -0.05) is 54.1 Å². The minimum Gasteiger partial charge on any atom is -0.367 e. The van der Waals surface area contributed by atoms with Crippen molar-refractivity contribution in [2.24, 2.45) is 5.92 Å². The van der Waals surface area contributed by atoms with E-state index >= 15 is 0 Å². The number of aromatic nitrogens is 1. The molecule has 0 radical (unpaired) electrons. The van der Waals surface area contributed by atoms with Gasteiger partial charge in [0.05, 0.1) is 5.56 Å². The van der Waals surface area contributed by atoms with Crippen LogP contribution in [0.1, 0.15) is 22.6 Å². The van der Waals surface area contributed by atoms with Crippen molar-refractivity contribution in [2.75, 3.05) is 18.4 Å². The van der Waals surface area contributed by atoms with Gasteiger partial charge in [-0.3, -0.25) is 0 Å². The minimum atomic E-state index is -4.40. The number of pyridine rings is 1. The summed E-state index contributed by atoms with van der Waals surface area (Å²) in [6.07, 6.45) is -2.78. The van der Waals surface area contributed by atoms with E-state index in [1.54, 1.807) is 0 Å². The molecule has 0 bridgehead atoms. The van der Waals surface area contributed by atoms with E-state index in [0.29, 0.717) is 10.8 Å². The van der Waals surface area contributed by atoms with Crippen LogP contribution in [-0.4, -0.2) is 24.1 Å². The second-order valence-corrected chi connectivity index (χ2v) is 8.29. The lowest BCUT2D eigenvalue weighted by molar-refractivity contribution is -0.137. The normalized spacial score (nSPS) is 19.9. The zero-order valence-electron chi connectivity index (χ0n) is 16.7. The number of anilines is 1. The van der Waals surface area contributed by atoms with Crippen molar-refractivity contribution in [3.05, 3.63) is 94.6 Å². The van der Waals surface area contributed by atoms with Gasteiger partial charge in [0.1, 0.15) is 5.82 Å². The van der Waals surface area contributed by atoms with Gasteiger partial charge in [0, 0.05) is 36.3 Å². The molecule has 1 aliphatic rings. The number of halogens is 4.